The van der Waals surface area contributed by atoms with Crippen LogP contribution in [0.15, 0.2) is 65.7 Å². The summed E-state index contributed by atoms with van der Waals surface area (Å²) in [6.07, 6.45) is 2.58. The Bertz CT molecular complexity index is 1470. The molecule has 37 heavy (non-hydrogen) atoms. The summed E-state index contributed by atoms with van der Waals surface area (Å²) in [5, 5.41) is 10.3. The second-order valence-electron chi connectivity index (χ2n) is 9.69. The summed E-state index contributed by atoms with van der Waals surface area (Å²) in [4.78, 5) is 28.2. The standard InChI is InChI=1S/C28H29F2N5O2/c1-34-10-7-18(8-11-34)15-31-27(36)22-4-2-3-19(13-22)17-35-12-9-21-14-20(5-6-23(21)28(35)37)24-16-32-33-25(24)26(29)30/h2-6,9,12-14,16,18,26H,7-8,10-11,15,17H2,1H3,(H,31,36)(H,32,33). The van der Waals surface area contributed by atoms with E-state index >= 15 is 0 Å². The number of carbonyl (C=O) groups is 1. The molecule has 0 spiro atoms. The lowest BCUT2D eigenvalue weighted by Crippen LogP contribution is -2.36. The Morgan fingerprint density at radius 1 is 1.16 bits per heavy atom. The molecule has 1 aliphatic rings. The number of hydrogen-bond acceptors (Lipinski definition) is 4. The van der Waals surface area contributed by atoms with Gasteiger partial charge in [-0.15, -0.1) is 0 Å². The number of aromatic amines is 1. The monoisotopic (exact) mass is 505 g/mol. The highest BCUT2D eigenvalue weighted by molar-refractivity contribution is 5.94. The van der Waals surface area contributed by atoms with Crippen molar-refractivity contribution in [2.45, 2.75) is 25.8 Å². The molecule has 2 aromatic heterocycles. The fourth-order valence-corrected chi connectivity index (χ4v) is 4.89. The average Bonchev–Trinajstić information content (AvgIpc) is 3.40. The molecule has 2 aromatic carbocycles. The predicted molar refractivity (Wildman–Crippen MR) is 139 cm³/mol. The first-order valence-electron chi connectivity index (χ1n) is 12.4. The molecule has 0 aliphatic carbocycles. The zero-order chi connectivity index (χ0) is 25.9. The largest absolute Gasteiger partial charge is 0.352 e. The van der Waals surface area contributed by atoms with Gasteiger partial charge in [-0.3, -0.25) is 14.7 Å². The van der Waals surface area contributed by atoms with Crippen molar-refractivity contribution in [3.05, 3.63) is 88.1 Å². The molecule has 0 atom stereocenters. The van der Waals surface area contributed by atoms with Crippen LogP contribution >= 0.6 is 0 Å². The molecule has 7 nitrogen and oxygen atoms in total. The zero-order valence-corrected chi connectivity index (χ0v) is 20.6. The van der Waals surface area contributed by atoms with E-state index in [1.807, 2.05) is 18.2 Å². The van der Waals surface area contributed by atoms with Crippen LogP contribution in [0.1, 0.15) is 40.9 Å². The van der Waals surface area contributed by atoms with Crippen LogP contribution in [0, 0.1) is 5.92 Å². The number of H-pyrrole nitrogens is 1. The molecule has 9 heteroatoms. The Labute approximate surface area is 213 Å². The van der Waals surface area contributed by atoms with Crippen molar-refractivity contribution in [3.63, 3.8) is 0 Å². The third-order valence-corrected chi connectivity index (χ3v) is 7.10. The van der Waals surface area contributed by atoms with Crippen molar-refractivity contribution in [2.75, 3.05) is 26.7 Å². The second-order valence-corrected chi connectivity index (χ2v) is 9.69. The van der Waals surface area contributed by atoms with Crippen LogP contribution in [0.4, 0.5) is 8.78 Å². The lowest BCUT2D eigenvalue weighted by atomic mass is 9.97. The number of likely N-dealkylation sites (tertiary alicyclic amines) is 1. The van der Waals surface area contributed by atoms with E-state index in [0.29, 0.717) is 46.5 Å². The molecule has 1 fully saturated rings. The maximum Gasteiger partial charge on any atom is 0.282 e. The van der Waals surface area contributed by atoms with Crippen LogP contribution in [-0.2, 0) is 6.54 Å². The number of hydrogen-bond donors (Lipinski definition) is 2. The first-order chi connectivity index (χ1) is 17.9. The smallest absolute Gasteiger partial charge is 0.282 e. The Kier molecular flexibility index (Phi) is 7.14. The van der Waals surface area contributed by atoms with E-state index in [1.54, 1.807) is 41.1 Å². The molecule has 0 saturated carbocycles. The lowest BCUT2D eigenvalue weighted by molar-refractivity contribution is 0.0939. The molecule has 1 saturated heterocycles. The number of fused-ring (bicyclic) bond motifs is 1. The summed E-state index contributed by atoms with van der Waals surface area (Å²) < 4.78 is 28.1. The van der Waals surface area contributed by atoms with Gasteiger partial charge in [0, 0.05) is 35.5 Å². The minimum absolute atomic E-state index is 0.110. The highest BCUT2D eigenvalue weighted by Gasteiger charge is 2.19. The molecule has 192 valence electrons. The van der Waals surface area contributed by atoms with Crippen LogP contribution in [-0.4, -0.2) is 52.3 Å². The molecule has 2 N–H and O–H groups in total. The molecule has 5 rings (SSSR count). The molecule has 0 unspecified atom stereocenters. The van der Waals surface area contributed by atoms with Crippen molar-refractivity contribution < 1.29 is 13.6 Å². The van der Waals surface area contributed by atoms with E-state index < -0.39 is 6.43 Å². The van der Waals surface area contributed by atoms with Gasteiger partial charge in [-0.05, 0) is 85.7 Å². The number of pyridine rings is 1. The van der Waals surface area contributed by atoms with E-state index in [-0.39, 0.29) is 17.2 Å². The van der Waals surface area contributed by atoms with Crippen molar-refractivity contribution in [1.29, 1.82) is 0 Å². The minimum atomic E-state index is -2.70. The van der Waals surface area contributed by atoms with Crippen LogP contribution in [0.3, 0.4) is 0 Å². The summed E-state index contributed by atoms with van der Waals surface area (Å²) in [6.45, 7) is 3.08. The number of rotatable bonds is 7. The molecule has 0 radical (unpaired) electrons. The molecule has 0 bridgehead atoms. The van der Waals surface area contributed by atoms with E-state index in [9.17, 15) is 18.4 Å². The van der Waals surface area contributed by atoms with E-state index in [1.165, 1.54) is 6.20 Å². The van der Waals surface area contributed by atoms with Gasteiger partial charge in [0.1, 0.15) is 5.69 Å². The van der Waals surface area contributed by atoms with Crippen LogP contribution in [0.25, 0.3) is 21.9 Å². The number of nitrogens with one attached hydrogen (secondary N) is 2. The SMILES string of the molecule is CN1CCC(CNC(=O)c2cccc(Cn3ccc4cc(-c5c[nH]nc5C(F)F)ccc4c3=O)c2)CC1. The van der Waals surface area contributed by atoms with Gasteiger partial charge in [0.05, 0.1) is 6.54 Å². The first kappa shape index (κ1) is 24.8. The molecule has 1 aliphatic heterocycles. The second kappa shape index (κ2) is 10.6. The van der Waals surface area contributed by atoms with Gasteiger partial charge in [0.25, 0.3) is 17.9 Å². The van der Waals surface area contributed by atoms with Gasteiger partial charge in [0.2, 0.25) is 0 Å². The Morgan fingerprint density at radius 3 is 2.76 bits per heavy atom. The number of halogens is 2. The minimum Gasteiger partial charge on any atom is -0.352 e. The summed E-state index contributed by atoms with van der Waals surface area (Å²) in [5.74, 6) is 0.386. The first-order valence-corrected chi connectivity index (χ1v) is 12.4. The third kappa shape index (κ3) is 5.46. The number of benzene rings is 2. The van der Waals surface area contributed by atoms with Gasteiger partial charge in [-0.2, -0.15) is 5.10 Å². The maximum absolute atomic E-state index is 13.2. The van der Waals surface area contributed by atoms with Gasteiger partial charge >= 0.3 is 0 Å². The van der Waals surface area contributed by atoms with Crippen LogP contribution < -0.4 is 10.9 Å². The van der Waals surface area contributed by atoms with Crippen molar-refractivity contribution in [1.82, 2.24) is 25.0 Å². The van der Waals surface area contributed by atoms with E-state index in [4.69, 9.17) is 0 Å². The number of amides is 1. The van der Waals surface area contributed by atoms with Crippen LogP contribution in [0.5, 0.6) is 0 Å². The quantitative estimate of drug-likeness (QED) is 0.389. The topological polar surface area (TPSA) is 83.0 Å². The van der Waals surface area contributed by atoms with Crippen molar-refractivity contribution in [3.8, 4) is 11.1 Å². The Balaban J connectivity index is 1.31. The van der Waals surface area contributed by atoms with Gasteiger partial charge in [0.15, 0.2) is 0 Å². The number of piperidine rings is 1. The molecular formula is C28H29F2N5O2. The Morgan fingerprint density at radius 2 is 1.97 bits per heavy atom. The molecule has 1 amide bonds. The number of alkyl halides is 2. The van der Waals surface area contributed by atoms with Crippen molar-refractivity contribution in [2.24, 2.45) is 5.92 Å². The summed E-state index contributed by atoms with van der Waals surface area (Å²) in [5.41, 5.74) is 1.77. The molecule has 4 aromatic rings. The fourth-order valence-electron chi connectivity index (χ4n) is 4.89. The predicted octanol–water partition coefficient (Wildman–Crippen LogP) is 4.45. The van der Waals surface area contributed by atoms with Gasteiger partial charge in [-0.1, -0.05) is 18.2 Å². The van der Waals surface area contributed by atoms with E-state index in [2.05, 4.69) is 27.5 Å². The molecule has 3 heterocycles. The average molecular weight is 506 g/mol. The maximum atomic E-state index is 13.2. The van der Waals surface area contributed by atoms with Crippen LogP contribution in [0.2, 0.25) is 0 Å². The zero-order valence-electron chi connectivity index (χ0n) is 20.6. The highest BCUT2D eigenvalue weighted by Crippen LogP contribution is 2.30. The number of nitrogens with zero attached hydrogens (tertiary/aromatic N) is 3. The lowest BCUT2D eigenvalue weighted by Gasteiger charge is -2.28. The highest BCUT2D eigenvalue weighted by atomic mass is 19.3. The molecular weight excluding hydrogens is 476 g/mol. The van der Waals surface area contributed by atoms with E-state index in [0.717, 1.165) is 31.5 Å². The number of aromatic nitrogens is 3. The third-order valence-electron chi connectivity index (χ3n) is 7.10. The van der Waals surface area contributed by atoms with Crippen molar-refractivity contribution >= 4 is 16.7 Å². The number of carbonyl (C=O) groups excluding carboxylic acids is 1. The van der Waals surface area contributed by atoms with Gasteiger partial charge in [-0.25, -0.2) is 8.78 Å². The Hall–Kier alpha value is -3.85. The summed E-state index contributed by atoms with van der Waals surface area (Å²) in [7, 11) is 2.12. The summed E-state index contributed by atoms with van der Waals surface area (Å²) in [6, 6.07) is 14.1. The fraction of sp³-hybridized carbons (Fsp3) is 0.321. The summed E-state index contributed by atoms with van der Waals surface area (Å²) >= 11 is 0. The normalized spacial score (nSPS) is 14.9. The van der Waals surface area contributed by atoms with Gasteiger partial charge < -0.3 is 14.8 Å².